The Morgan fingerprint density at radius 3 is 1.58 bits per heavy atom. The summed E-state index contributed by atoms with van der Waals surface area (Å²) in [6.45, 7) is 6.86. The minimum absolute atomic E-state index is 0.141. The molecule has 0 radical (unpaired) electrons. The maximum Gasteiger partial charge on any atom is 0.0691 e. The number of piperidine rings is 2. The molecule has 0 amide bonds. The lowest BCUT2D eigenvalue weighted by Gasteiger charge is -2.36. The normalized spacial score (nSPS) is 32.5. The quantitative estimate of drug-likeness (QED) is 0.0712. The number of unbranched alkanes of at least 4 members (excludes halogenated alkanes) is 14. The van der Waals surface area contributed by atoms with E-state index in [9.17, 15) is 10.2 Å². The number of hydrogen-bond acceptors (Lipinski definition) is 5. The van der Waals surface area contributed by atoms with Crippen LogP contribution in [0.25, 0.3) is 0 Å². The Kier molecular flexibility index (Phi) is 17.8. The summed E-state index contributed by atoms with van der Waals surface area (Å²) >= 11 is 0. The summed E-state index contributed by atoms with van der Waals surface area (Å²) in [4.78, 5) is 2.84. The highest BCUT2D eigenvalue weighted by Gasteiger charge is 2.34. The van der Waals surface area contributed by atoms with Gasteiger partial charge >= 0.3 is 0 Å². The number of rotatable bonds is 22. The van der Waals surface area contributed by atoms with E-state index in [1.54, 1.807) is 5.57 Å². The number of aliphatic hydroxyl groups is 2. The summed E-state index contributed by atoms with van der Waals surface area (Å²) in [5.41, 5.74) is 1.77. The molecule has 0 aromatic carbocycles. The Hall–Kier alpha value is -0.460. The smallest absolute Gasteiger partial charge is 0.0691 e. The summed E-state index contributed by atoms with van der Waals surface area (Å²) in [6.07, 6.45) is 37.4. The van der Waals surface area contributed by atoms with Gasteiger partial charge in [-0.15, -0.1) is 0 Å². The van der Waals surface area contributed by atoms with E-state index in [-0.39, 0.29) is 24.3 Å². The molecule has 5 nitrogen and oxygen atoms in total. The minimum Gasteiger partial charge on any atom is -0.392 e. The molecule has 4 N–H and O–H groups in total. The Bertz CT molecular complexity index is 804. The van der Waals surface area contributed by atoms with Crippen molar-refractivity contribution in [1.82, 2.24) is 15.5 Å². The molecule has 4 heterocycles. The summed E-state index contributed by atoms with van der Waals surface area (Å²) in [7, 11) is 0. The predicted octanol–water partition coefficient (Wildman–Crippen LogP) is 8.81. The van der Waals surface area contributed by atoms with E-state index in [0.717, 1.165) is 37.6 Å². The number of nitrogens with zero attached hydrogens (tertiary/aromatic N) is 1. The van der Waals surface area contributed by atoms with Crippen molar-refractivity contribution in [2.24, 2.45) is 5.92 Å². The number of hydrogen-bond donors (Lipinski definition) is 4. The summed E-state index contributed by atoms with van der Waals surface area (Å²) < 4.78 is 0. The van der Waals surface area contributed by atoms with Gasteiger partial charge in [-0.25, -0.2) is 0 Å². The zero-order valence-electron chi connectivity index (χ0n) is 29.8. The van der Waals surface area contributed by atoms with Gasteiger partial charge in [-0.2, -0.15) is 0 Å². The lowest BCUT2D eigenvalue weighted by molar-refractivity contribution is 0.0848. The van der Waals surface area contributed by atoms with Crippen LogP contribution in [0.4, 0.5) is 0 Å². The molecular formula is C40H75N3O2. The second kappa shape index (κ2) is 21.5. The van der Waals surface area contributed by atoms with Crippen molar-refractivity contribution in [3.05, 3.63) is 11.6 Å². The van der Waals surface area contributed by atoms with Crippen LogP contribution in [0.1, 0.15) is 181 Å². The van der Waals surface area contributed by atoms with Crippen LogP contribution in [0.5, 0.6) is 0 Å². The third-order valence-electron chi connectivity index (χ3n) is 12.2. The molecule has 0 aromatic rings. The SMILES string of the molecule is C[C@@H]1N[C@H](CCCCCCCCCCCC2=CC(CCCCCCCCC[C@@H]3CC[C@H](O)[C@H](C)N3)C3CCCN3C2)CC[C@@H]1O. The molecule has 4 aliphatic rings. The van der Waals surface area contributed by atoms with E-state index in [0.29, 0.717) is 12.1 Å². The molecule has 3 saturated heterocycles. The van der Waals surface area contributed by atoms with Gasteiger partial charge in [0.25, 0.3) is 0 Å². The van der Waals surface area contributed by atoms with Crippen molar-refractivity contribution in [1.29, 1.82) is 0 Å². The van der Waals surface area contributed by atoms with Crippen LogP contribution in [0.15, 0.2) is 11.6 Å². The van der Waals surface area contributed by atoms with Crippen molar-refractivity contribution in [3.8, 4) is 0 Å². The van der Waals surface area contributed by atoms with Gasteiger partial charge in [0.05, 0.1) is 12.2 Å². The first kappa shape index (κ1) is 37.4. The first-order chi connectivity index (χ1) is 22.0. The fraction of sp³-hybridized carbons (Fsp3) is 0.950. The fourth-order valence-corrected chi connectivity index (χ4v) is 9.17. The summed E-state index contributed by atoms with van der Waals surface area (Å²) in [6, 6.07) is 2.66. The molecule has 45 heavy (non-hydrogen) atoms. The predicted molar refractivity (Wildman–Crippen MR) is 192 cm³/mol. The third-order valence-corrected chi connectivity index (χ3v) is 12.2. The largest absolute Gasteiger partial charge is 0.392 e. The second-order valence-electron chi connectivity index (χ2n) is 16.0. The van der Waals surface area contributed by atoms with Gasteiger partial charge < -0.3 is 20.8 Å². The molecule has 262 valence electrons. The minimum atomic E-state index is -0.142. The number of aliphatic hydroxyl groups excluding tert-OH is 2. The van der Waals surface area contributed by atoms with Crippen molar-refractivity contribution < 1.29 is 10.2 Å². The van der Waals surface area contributed by atoms with Gasteiger partial charge in [-0.05, 0) is 96.9 Å². The van der Waals surface area contributed by atoms with Crippen LogP contribution in [-0.4, -0.2) is 70.6 Å². The molecule has 4 rings (SSSR count). The van der Waals surface area contributed by atoms with Crippen LogP contribution >= 0.6 is 0 Å². The first-order valence-electron chi connectivity index (χ1n) is 20.3. The maximum absolute atomic E-state index is 9.90. The Morgan fingerprint density at radius 1 is 0.600 bits per heavy atom. The van der Waals surface area contributed by atoms with E-state index < -0.39 is 0 Å². The molecule has 8 atom stereocenters. The van der Waals surface area contributed by atoms with Crippen molar-refractivity contribution >= 4 is 0 Å². The van der Waals surface area contributed by atoms with Crippen LogP contribution in [0.3, 0.4) is 0 Å². The van der Waals surface area contributed by atoms with Gasteiger partial charge in [0, 0.05) is 36.8 Å². The molecule has 5 heteroatoms. The lowest BCUT2D eigenvalue weighted by atomic mass is 9.85. The van der Waals surface area contributed by atoms with Crippen LogP contribution in [0, 0.1) is 5.92 Å². The van der Waals surface area contributed by atoms with Gasteiger partial charge in [0.2, 0.25) is 0 Å². The molecule has 0 aromatic heterocycles. The third kappa shape index (κ3) is 13.9. The number of nitrogens with one attached hydrogen (secondary N) is 2. The van der Waals surface area contributed by atoms with E-state index in [1.807, 2.05) is 0 Å². The highest BCUT2D eigenvalue weighted by atomic mass is 16.3. The van der Waals surface area contributed by atoms with E-state index in [1.165, 1.54) is 154 Å². The topological polar surface area (TPSA) is 67.8 Å². The average molecular weight is 630 g/mol. The molecule has 2 unspecified atom stereocenters. The zero-order chi connectivity index (χ0) is 31.7. The standard InChI is InChI=1S/C40H75N3O2/c1-32-39(44)27-25-36(41-32)22-17-13-9-5-3-4-7-11-15-20-34-30-35(38-24-19-29-43(38)31-34)21-16-12-8-6-10-14-18-23-37-26-28-40(45)33(2)42-37/h30,32-33,35-42,44-45H,3-29,31H2,1-2H3/t32-,33-,35?,36+,37+,38?,39-,40-/m0/s1. The van der Waals surface area contributed by atoms with E-state index >= 15 is 0 Å². The molecule has 0 saturated carbocycles. The monoisotopic (exact) mass is 630 g/mol. The maximum atomic E-state index is 9.90. The lowest BCUT2D eigenvalue weighted by Crippen LogP contribution is -2.48. The van der Waals surface area contributed by atoms with Crippen LogP contribution < -0.4 is 10.6 Å². The molecule has 0 aliphatic carbocycles. The molecule has 4 aliphatic heterocycles. The Balaban J connectivity index is 0.962. The molecule has 0 spiro atoms. The van der Waals surface area contributed by atoms with Crippen molar-refractivity contribution in [2.45, 2.75) is 223 Å². The van der Waals surface area contributed by atoms with Gasteiger partial charge in [0.15, 0.2) is 0 Å². The number of fused-ring (bicyclic) bond motifs is 1. The van der Waals surface area contributed by atoms with Crippen molar-refractivity contribution in [3.63, 3.8) is 0 Å². The van der Waals surface area contributed by atoms with Crippen LogP contribution in [-0.2, 0) is 0 Å². The van der Waals surface area contributed by atoms with E-state index in [2.05, 4.69) is 35.5 Å². The zero-order valence-corrected chi connectivity index (χ0v) is 29.8. The first-order valence-corrected chi connectivity index (χ1v) is 20.3. The summed E-state index contributed by atoms with van der Waals surface area (Å²) in [5, 5.41) is 27.0. The summed E-state index contributed by atoms with van der Waals surface area (Å²) in [5.74, 6) is 0.823. The average Bonchev–Trinajstić information content (AvgIpc) is 3.51. The highest BCUT2D eigenvalue weighted by Crippen LogP contribution is 2.35. The van der Waals surface area contributed by atoms with Gasteiger partial charge in [-0.1, -0.05) is 108 Å². The van der Waals surface area contributed by atoms with Crippen molar-refractivity contribution in [2.75, 3.05) is 13.1 Å². The molecular weight excluding hydrogens is 554 g/mol. The fourth-order valence-electron chi connectivity index (χ4n) is 9.17. The Labute approximate surface area is 279 Å². The molecule has 0 bridgehead atoms. The van der Waals surface area contributed by atoms with Gasteiger partial charge in [0.1, 0.15) is 0 Å². The Morgan fingerprint density at radius 2 is 1.07 bits per heavy atom. The molecule has 3 fully saturated rings. The van der Waals surface area contributed by atoms with E-state index in [4.69, 9.17) is 0 Å². The highest BCUT2D eigenvalue weighted by molar-refractivity contribution is 5.15. The van der Waals surface area contributed by atoms with Crippen LogP contribution in [0.2, 0.25) is 0 Å². The van der Waals surface area contributed by atoms with Gasteiger partial charge in [-0.3, -0.25) is 4.90 Å². The second-order valence-corrected chi connectivity index (χ2v) is 16.0.